The Kier molecular flexibility index (Phi) is 44.0. The summed E-state index contributed by atoms with van der Waals surface area (Å²) in [5, 5.41) is 0. The third kappa shape index (κ3) is 39.1. The van der Waals surface area contributed by atoms with E-state index in [0.717, 1.165) is 12.3 Å². The van der Waals surface area contributed by atoms with E-state index >= 15 is 0 Å². The molecule has 0 bridgehead atoms. The van der Waals surface area contributed by atoms with Gasteiger partial charge in [0.25, 0.3) is 0 Å². The molecule has 0 radical (unpaired) electrons. The second-order valence-corrected chi connectivity index (χ2v) is 21.1. The quantitative estimate of drug-likeness (QED) is 0.0422. The van der Waals surface area contributed by atoms with Crippen molar-refractivity contribution < 1.29 is 0 Å². The molecule has 0 fully saturated rings. The molecule has 0 saturated carbocycles. The predicted octanol–water partition coefficient (Wildman–Crippen LogP) is 22.8. The van der Waals surface area contributed by atoms with E-state index in [1.54, 1.807) is 5.57 Å². The minimum absolute atomic E-state index is 0.357. The van der Waals surface area contributed by atoms with Gasteiger partial charge in [0, 0.05) is 0 Å². The highest BCUT2D eigenvalue weighted by atomic mass is 14.3. The Morgan fingerprint density at radius 3 is 1.17 bits per heavy atom. The number of hydrogen-bond acceptors (Lipinski definition) is 0. The third-order valence-corrected chi connectivity index (χ3v) is 14.4. The number of unbranched alkanes of at least 4 members (excludes halogenated alkanes) is 24. The molecule has 0 heteroatoms. The predicted molar refractivity (Wildman–Crippen MR) is 292 cm³/mol. The molecule has 63 heavy (non-hydrogen) atoms. The number of rotatable bonds is 51. The Bertz CT molecular complexity index is 1090. The van der Waals surface area contributed by atoms with E-state index in [-0.39, 0.29) is 0 Å². The Morgan fingerprint density at radius 2 is 0.762 bits per heavy atom. The highest BCUT2D eigenvalue weighted by molar-refractivity contribution is 5.11. The van der Waals surface area contributed by atoms with Gasteiger partial charge in [0.2, 0.25) is 0 Å². The summed E-state index contributed by atoms with van der Waals surface area (Å²) in [6.07, 6.45) is 72.5. The van der Waals surface area contributed by atoms with Crippen molar-refractivity contribution in [2.45, 2.75) is 297 Å². The Morgan fingerprint density at radius 1 is 0.397 bits per heavy atom. The van der Waals surface area contributed by atoms with Crippen LogP contribution in [0.4, 0.5) is 0 Å². The molecular weight excluding hydrogens is 757 g/mol. The van der Waals surface area contributed by atoms with Crippen molar-refractivity contribution in [2.75, 3.05) is 0 Å². The van der Waals surface area contributed by atoms with Crippen molar-refractivity contribution in [3.8, 4) is 0 Å². The van der Waals surface area contributed by atoms with E-state index < -0.39 is 0 Å². The van der Waals surface area contributed by atoms with Crippen molar-refractivity contribution in [2.24, 2.45) is 16.7 Å². The van der Waals surface area contributed by atoms with Gasteiger partial charge in [0.1, 0.15) is 0 Å². The van der Waals surface area contributed by atoms with Crippen LogP contribution in [0.2, 0.25) is 0 Å². The van der Waals surface area contributed by atoms with Crippen LogP contribution in [0.15, 0.2) is 86.6 Å². The molecule has 0 N–H and O–H groups in total. The Hall–Kier alpha value is -1.82. The maximum Gasteiger partial charge on any atom is -0.0116 e. The van der Waals surface area contributed by atoms with E-state index in [0.29, 0.717) is 10.8 Å². The summed E-state index contributed by atoms with van der Waals surface area (Å²) < 4.78 is 0. The second kappa shape index (κ2) is 45.3. The first-order valence-corrected chi connectivity index (χ1v) is 28.2. The van der Waals surface area contributed by atoms with Gasteiger partial charge < -0.3 is 0 Å². The van der Waals surface area contributed by atoms with Gasteiger partial charge in [-0.2, -0.15) is 0 Å². The largest absolute Gasteiger partial charge is 0.103 e. The van der Waals surface area contributed by atoms with Crippen molar-refractivity contribution in [3.63, 3.8) is 0 Å². The van der Waals surface area contributed by atoms with Crippen molar-refractivity contribution in [1.82, 2.24) is 0 Å². The van der Waals surface area contributed by atoms with Crippen LogP contribution < -0.4 is 0 Å². The fraction of sp³-hybridized carbons (Fsp3) is 0.778. The van der Waals surface area contributed by atoms with Crippen LogP contribution in [0.25, 0.3) is 0 Å². The smallest absolute Gasteiger partial charge is 0.0116 e. The summed E-state index contributed by atoms with van der Waals surface area (Å²) in [4.78, 5) is 0. The van der Waals surface area contributed by atoms with E-state index in [1.807, 2.05) is 5.57 Å². The summed E-state index contributed by atoms with van der Waals surface area (Å²) in [7, 11) is 0. The van der Waals surface area contributed by atoms with Gasteiger partial charge in [-0.25, -0.2) is 0 Å². The molecule has 366 valence electrons. The molecule has 2 atom stereocenters. The van der Waals surface area contributed by atoms with Gasteiger partial charge in [-0.3, -0.25) is 0 Å². The molecule has 2 unspecified atom stereocenters. The molecule has 0 aromatic heterocycles. The molecule has 0 rings (SSSR count). The van der Waals surface area contributed by atoms with E-state index in [2.05, 4.69) is 103 Å². The normalized spacial score (nSPS) is 13.4. The lowest BCUT2D eigenvalue weighted by atomic mass is 9.71. The summed E-state index contributed by atoms with van der Waals surface area (Å²) >= 11 is 0. The maximum atomic E-state index is 4.06. The number of allylic oxidation sites excluding steroid dienone is 9. The van der Waals surface area contributed by atoms with Crippen LogP contribution in [0.5, 0.6) is 0 Å². The average molecular weight is 872 g/mol. The van der Waals surface area contributed by atoms with Crippen LogP contribution in [0.3, 0.4) is 0 Å². The highest BCUT2D eigenvalue weighted by Crippen LogP contribution is 2.42. The SMILES string of the molecule is C=CCCCCCCCCCC(=CC(CC)CCCC(C=C(CCCCCCC=C)CCCCCCC=C)(CCCC)CCCCCC(C)(C)CC=C)CCCCCCCCC=C. The zero-order chi connectivity index (χ0) is 46.4. The van der Waals surface area contributed by atoms with Crippen molar-refractivity contribution in [1.29, 1.82) is 0 Å². The molecule has 0 spiro atoms. The second-order valence-electron chi connectivity index (χ2n) is 21.1. The van der Waals surface area contributed by atoms with Crippen LogP contribution in [0.1, 0.15) is 297 Å². The highest BCUT2D eigenvalue weighted by Gasteiger charge is 2.28. The standard InChI is InChI=1S/C63H114/c1-10-17-22-26-30-32-34-38-41-48-60(47-40-37-33-31-27-23-18-11-2)57-59(16-7)51-46-56-63(54-21-14-5,55-45-39-44-53-62(8,9)52-15-6)58-61(49-42-35-28-24-19-12-3)50-43-36-29-25-20-13-4/h10-13,15,57-59H,1-4,6,14,16-56H2,5,7-9H3. The average Bonchev–Trinajstić information content (AvgIpc) is 3.27. The lowest BCUT2D eigenvalue weighted by molar-refractivity contribution is 0.255. The molecule has 0 aromatic carbocycles. The van der Waals surface area contributed by atoms with Crippen LogP contribution in [-0.2, 0) is 0 Å². The molecule has 0 saturated heterocycles. The molecule has 0 amide bonds. The van der Waals surface area contributed by atoms with E-state index in [4.69, 9.17) is 0 Å². The monoisotopic (exact) mass is 871 g/mol. The molecule has 0 aliphatic heterocycles. The molecule has 0 aromatic rings. The lowest BCUT2D eigenvalue weighted by Crippen LogP contribution is -2.20. The topological polar surface area (TPSA) is 0 Å². The fourth-order valence-electron chi connectivity index (χ4n) is 10.2. The summed E-state index contributed by atoms with van der Waals surface area (Å²) in [5.74, 6) is 0.731. The van der Waals surface area contributed by atoms with Crippen molar-refractivity contribution in [3.05, 3.63) is 86.6 Å². The van der Waals surface area contributed by atoms with Gasteiger partial charge >= 0.3 is 0 Å². The zero-order valence-corrected chi connectivity index (χ0v) is 43.9. The summed E-state index contributed by atoms with van der Waals surface area (Å²) in [6, 6.07) is 0. The van der Waals surface area contributed by atoms with Gasteiger partial charge in [-0.05, 0) is 164 Å². The summed E-state index contributed by atoms with van der Waals surface area (Å²) in [5.41, 5.74) is 4.36. The first-order chi connectivity index (χ1) is 30.7. The van der Waals surface area contributed by atoms with Gasteiger partial charge in [-0.1, -0.05) is 203 Å². The first kappa shape index (κ1) is 61.2. The summed E-state index contributed by atoms with van der Waals surface area (Å²) in [6.45, 7) is 29.6. The molecule has 0 nitrogen and oxygen atoms in total. The van der Waals surface area contributed by atoms with Crippen molar-refractivity contribution >= 4 is 0 Å². The molecule has 0 aliphatic rings. The fourth-order valence-corrected chi connectivity index (χ4v) is 10.2. The molecule has 0 heterocycles. The lowest BCUT2D eigenvalue weighted by Gasteiger charge is -2.34. The third-order valence-electron chi connectivity index (χ3n) is 14.4. The van der Waals surface area contributed by atoms with Gasteiger partial charge in [0.15, 0.2) is 0 Å². The maximum absolute atomic E-state index is 4.06. The van der Waals surface area contributed by atoms with Crippen LogP contribution in [0, 0.1) is 16.7 Å². The van der Waals surface area contributed by atoms with Crippen LogP contribution in [-0.4, -0.2) is 0 Å². The minimum Gasteiger partial charge on any atom is -0.103 e. The zero-order valence-electron chi connectivity index (χ0n) is 43.9. The van der Waals surface area contributed by atoms with E-state index in [9.17, 15) is 0 Å². The Balaban J connectivity index is 6.21. The van der Waals surface area contributed by atoms with Crippen LogP contribution >= 0.6 is 0 Å². The van der Waals surface area contributed by atoms with Gasteiger partial charge in [-0.15, -0.1) is 32.9 Å². The minimum atomic E-state index is 0.357. The van der Waals surface area contributed by atoms with E-state index in [1.165, 1.54) is 263 Å². The molecule has 0 aliphatic carbocycles. The number of hydrogen-bond donors (Lipinski definition) is 0. The Labute approximate surface area is 399 Å². The first-order valence-electron chi connectivity index (χ1n) is 28.2. The molecular formula is C63H114. The van der Waals surface area contributed by atoms with Gasteiger partial charge in [0.05, 0.1) is 0 Å².